The lowest BCUT2D eigenvalue weighted by Crippen LogP contribution is -1.95. The zero-order chi connectivity index (χ0) is 11.4. The van der Waals surface area contributed by atoms with Crippen molar-refractivity contribution in [3.63, 3.8) is 0 Å². The Kier molecular flexibility index (Phi) is 3.71. The minimum Gasteiger partial charge on any atom is -0.486 e. The van der Waals surface area contributed by atoms with Gasteiger partial charge >= 0.3 is 0 Å². The molecule has 0 spiro atoms. The number of nitrogens with zero attached hydrogens (tertiary/aromatic N) is 2. The molecule has 0 aromatic carbocycles. The molecule has 2 heterocycles. The Balaban J connectivity index is 1.94. The van der Waals surface area contributed by atoms with Gasteiger partial charge in [-0.25, -0.2) is 4.98 Å². The Morgan fingerprint density at radius 1 is 1.31 bits per heavy atom. The zero-order valence-electron chi connectivity index (χ0n) is 8.26. The van der Waals surface area contributed by atoms with Gasteiger partial charge in [-0.3, -0.25) is 4.98 Å². The number of thiazole rings is 1. The molecule has 0 unspecified atom stereocenters. The number of rotatable bonds is 4. The molecule has 16 heavy (non-hydrogen) atoms. The van der Waals surface area contributed by atoms with Crippen molar-refractivity contribution in [1.29, 1.82) is 0 Å². The van der Waals surface area contributed by atoms with E-state index in [4.69, 9.17) is 21.4 Å². The molecule has 0 bridgehead atoms. The van der Waals surface area contributed by atoms with Gasteiger partial charge in [-0.1, -0.05) is 11.6 Å². The topological polar surface area (TPSA) is 55.2 Å². The van der Waals surface area contributed by atoms with Gasteiger partial charge < -0.3 is 9.84 Å². The monoisotopic (exact) mass is 256 g/mol. The molecule has 0 aliphatic rings. The fourth-order valence-electron chi connectivity index (χ4n) is 1.09. The van der Waals surface area contributed by atoms with E-state index in [1.165, 1.54) is 11.3 Å². The van der Waals surface area contributed by atoms with Crippen molar-refractivity contribution in [2.24, 2.45) is 0 Å². The molecule has 0 fully saturated rings. The van der Waals surface area contributed by atoms with Crippen LogP contribution < -0.4 is 4.74 Å². The van der Waals surface area contributed by atoms with Crippen molar-refractivity contribution in [3.05, 3.63) is 39.6 Å². The van der Waals surface area contributed by atoms with Crippen LogP contribution in [0, 0.1) is 0 Å². The van der Waals surface area contributed by atoms with Crippen LogP contribution in [0.5, 0.6) is 5.75 Å². The van der Waals surface area contributed by atoms with Gasteiger partial charge in [-0.2, -0.15) is 0 Å². The highest BCUT2D eigenvalue weighted by Gasteiger charge is 2.01. The van der Waals surface area contributed by atoms with Crippen LogP contribution in [-0.2, 0) is 13.2 Å². The Hall–Kier alpha value is -1.17. The van der Waals surface area contributed by atoms with Crippen LogP contribution in [0.2, 0.25) is 4.47 Å². The molecule has 0 radical (unpaired) electrons. The Bertz CT molecular complexity index is 458. The first-order valence-electron chi connectivity index (χ1n) is 4.57. The van der Waals surface area contributed by atoms with Crippen LogP contribution in [0.4, 0.5) is 0 Å². The molecule has 4 nitrogen and oxygen atoms in total. The smallest absolute Gasteiger partial charge is 0.183 e. The van der Waals surface area contributed by atoms with E-state index in [1.54, 1.807) is 24.5 Å². The summed E-state index contributed by atoms with van der Waals surface area (Å²) < 4.78 is 5.98. The van der Waals surface area contributed by atoms with Crippen LogP contribution >= 0.6 is 22.9 Å². The maximum atomic E-state index is 8.81. The molecule has 1 N–H and O–H groups in total. The highest BCUT2D eigenvalue weighted by molar-refractivity contribution is 7.15. The van der Waals surface area contributed by atoms with E-state index < -0.39 is 0 Å². The molecule has 6 heteroatoms. The molecule has 0 saturated carbocycles. The fraction of sp³-hybridized carbons (Fsp3) is 0.200. The maximum absolute atomic E-state index is 8.81. The molecule has 0 aliphatic carbocycles. The number of pyridine rings is 1. The van der Waals surface area contributed by atoms with E-state index in [2.05, 4.69) is 9.97 Å². The predicted molar refractivity (Wildman–Crippen MR) is 61.6 cm³/mol. The Morgan fingerprint density at radius 3 is 2.75 bits per heavy atom. The quantitative estimate of drug-likeness (QED) is 0.912. The molecular weight excluding hydrogens is 248 g/mol. The van der Waals surface area contributed by atoms with Crippen LogP contribution in [0.1, 0.15) is 10.6 Å². The maximum Gasteiger partial charge on any atom is 0.183 e. The zero-order valence-corrected chi connectivity index (χ0v) is 9.83. The number of hydrogen-bond donors (Lipinski definition) is 1. The van der Waals surface area contributed by atoms with E-state index in [9.17, 15) is 0 Å². The molecule has 2 rings (SSSR count). The van der Waals surface area contributed by atoms with Crippen LogP contribution in [0.15, 0.2) is 24.5 Å². The molecule has 0 aliphatic heterocycles. The third kappa shape index (κ3) is 2.91. The lowest BCUT2D eigenvalue weighted by molar-refractivity contribution is 0.275. The van der Waals surface area contributed by atoms with Crippen molar-refractivity contribution in [2.75, 3.05) is 0 Å². The van der Waals surface area contributed by atoms with E-state index in [-0.39, 0.29) is 6.61 Å². The number of halogens is 1. The first-order valence-corrected chi connectivity index (χ1v) is 5.76. The third-order valence-electron chi connectivity index (χ3n) is 1.87. The highest BCUT2D eigenvalue weighted by Crippen LogP contribution is 2.19. The summed E-state index contributed by atoms with van der Waals surface area (Å²) in [6, 6.07) is 3.48. The van der Waals surface area contributed by atoms with Crippen molar-refractivity contribution in [1.82, 2.24) is 9.97 Å². The fourth-order valence-corrected chi connectivity index (χ4v) is 1.99. The molecule has 84 valence electrons. The number of ether oxygens (including phenoxy) is 1. The lowest BCUT2D eigenvalue weighted by Gasteiger charge is -2.03. The summed E-state index contributed by atoms with van der Waals surface area (Å²) in [6.07, 6.45) is 3.26. The average molecular weight is 257 g/mol. The number of aliphatic hydroxyl groups excluding tert-OH is 1. The summed E-state index contributed by atoms with van der Waals surface area (Å²) >= 11 is 7.08. The lowest BCUT2D eigenvalue weighted by atomic mass is 10.3. The SMILES string of the molecule is OCc1ccc(OCc2cnc(Cl)s2)cn1. The molecule has 2 aromatic heterocycles. The Morgan fingerprint density at radius 2 is 2.19 bits per heavy atom. The summed E-state index contributed by atoms with van der Waals surface area (Å²) in [7, 11) is 0. The second-order valence-electron chi connectivity index (χ2n) is 3.01. The second kappa shape index (κ2) is 5.25. The van der Waals surface area contributed by atoms with Gasteiger partial charge in [-0.15, -0.1) is 11.3 Å². The number of aromatic nitrogens is 2. The minimum absolute atomic E-state index is 0.0647. The van der Waals surface area contributed by atoms with Gasteiger partial charge in [0.2, 0.25) is 0 Å². The molecule has 0 atom stereocenters. The largest absolute Gasteiger partial charge is 0.486 e. The van der Waals surface area contributed by atoms with Crippen molar-refractivity contribution in [3.8, 4) is 5.75 Å². The summed E-state index contributed by atoms with van der Waals surface area (Å²) in [5.41, 5.74) is 0.619. The highest BCUT2D eigenvalue weighted by atomic mass is 35.5. The standard InChI is InChI=1S/C10H9ClN2O2S/c11-10-13-4-9(16-10)6-15-8-2-1-7(5-14)12-3-8/h1-4,14H,5-6H2. The van der Waals surface area contributed by atoms with E-state index in [0.29, 0.717) is 22.5 Å². The minimum atomic E-state index is -0.0647. The van der Waals surface area contributed by atoms with Gasteiger partial charge in [-0.05, 0) is 12.1 Å². The van der Waals surface area contributed by atoms with Gasteiger partial charge in [0.05, 0.1) is 23.4 Å². The van der Waals surface area contributed by atoms with E-state index in [1.807, 2.05) is 0 Å². The summed E-state index contributed by atoms with van der Waals surface area (Å²) in [5.74, 6) is 0.654. The molecular formula is C10H9ClN2O2S. The van der Waals surface area contributed by atoms with Crippen molar-refractivity contribution < 1.29 is 9.84 Å². The molecule has 0 saturated heterocycles. The van der Waals surface area contributed by atoms with Crippen LogP contribution in [-0.4, -0.2) is 15.1 Å². The number of hydrogen-bond acceptors (Lipinski definition) is 5. The normalized spacial score (nSPS) is 10.4. The van der Waals surface area contributed by atoms with Crippen LogP contribution in [0.25, 0.3) is 0 Å². The summed E-state index contributed by atoms with van der Waals surface area (Å²) in [6.45, 7) is 0.356. The number of aliphatic hydroxyl groups is 1. The van der Waals surface area contributed by atoms with E-state index in [0.717, 1.165) is 4.88 Å². The average Bonchev–Trinajstić information content (AvgIpc) is 2.73. The summed E-state index contributed by atoms with van der Waals surface area (Å²) in [5, 5.41) is 8.81. The van der Waals surface area contributed by atoms with Crippen LogP contribution in [0.3, 0.4) is 0 Å². The van der Waals surface area contributed by atoms with Gasteiger partial charge in [0, 0.05) is 6.20 Å². The second-order valence-corrected chi connectivity index (χ2v) is 4.71. The van der Waals surface area contributed by atoms with Crippen molar-refractivity contribution >= 4 is 22.9 Å². The predicted octanol–water partition coefficient (Wildman–Crippen LogP) is 2.26. The summed E-state index contributed by atoms with van der Waals surface area (Å²) in [4.78, 5) is 8.87. The van der Waals surface area contributed by atoms with Crippen molar-refractivity contribution in [2.45, 2.75) is 13.2 Å². The van der Waals surface area contributed by atoms with E-state index >= 15 is 0 Å². The molecule has 0 amide bonds. The van der Waals surface area contributed by atoms with Gasteiger partial charge in [0.25, 0.3) is 0 Å². The first-order chi connectivity index (χ1) is 7.78. The third-order valence-corrected chi connectivity index (χ3v) is 2.95. The van der Waals surface area contributed by atoms with Gasteiger partial charge in [0.15, 0.2) is 4.47 Å². The van der Waals surface area contributed by atoms with Gasteiger partial charge in [0.1, 0.15) is 12.4 Å². The molecule has 2 aromatic rings. The first kappa shape index (κ1) is 11.3. The Labute approximate surface area is 102 Å².